The molecule has 3 rings (SSSR count). The van der Waals surface area contributed by atoms with Gasteiger partial charge in [-0.3, -0.25) is 4.98 Å². The predicted octanol–water partition coefficient (Wildman–Crippen LogP) is 6.16. The Labute approximate surface area is 210 Å². The zero-order valence-corrected chi connectivity index (χ0v) is 22.8. The van der Waals surface area contributed by atoms with Crippen molar-refractivity contribution in [1.82, 2.24) is 4.98 Å². The molecule has 0 bridgehead atoms. The van der Waals surface area contributed by atoms with Gasteiger partial charge >= 0.3 is 5.97 Å². The molecule has 1 atom stereocenters. The second-order valence-electron chi connectivity index (χ2n) is 12.2. The maximum atomic E-state index is 12.6. The minimum atomic E-state index is -1.14. The Hall–Kier alpha value is -2.44. The SMILES string of the molecule is Cc1nc(C)c([C@H](OC(C)(C)C)C(=O)O)c(N2CCC(C)(C)CC2)c1-c1ccc(C(C)(C)O)cc1. The topological polar surface area (TPSA) is 82.9 Å². The summed E-state index contributed by atoms with van der Waals surface area (Å²) in [6.07, 6.45) is 0.895. The summed E-state index contributed by atoms with van der Waals surface area (Å²) < 4.78 is 6.13. The summed E-state index contributed by atoms with van der Waals surface area (Å²) in [5.74, 6) is -1.02. The lowest BCUT2D eigenvalue weighted by Gasteiger charge is -2.41. The van der Waals surface area contributed by atoms with Crippen LogP contribution in [0.2, 0.25) is 0 Å². The number of anilines is 1. The zero-order valence-electron chi connectivity index (χ0n) is 22.8. The number of aryl methyl sites for hydroxylation is 2. The third-order valence-corrected chi connectivity index (χ3v) is 6.85. The molecule has 6 nitrogen and oxygen atoms in total. The van der Waals surface area contributed by atoms with Crippen LogP contribution >= 0.6 is 0 Å². The summed E-state index contributed by atoms with van der Waals surface area (Å²) in [4.78, 5) is 19.7. The van der Waals surface area contributed by atoms with Gasteiger partial charge in [-0.2, -0.15) is 0 Å². The summed E-state index contributed by atoms with van der Waals surface area (Å²) in [5, 5.41) is 20.7. The number of rotatable bonds is 6. The molecule has 0 amide bonds. The van der Waals surface area contributed by atoms with Crippen molar-refractivity contribution in [2.45, 2.75) is 92.5 Å². The number of aliphatic carboxylic acids is 1. The molecule has 0 unspecified atom stereocenters. The highest BCUT2D eigenvalue weighted by Gasteiger charge is 2.36. The van der Waals surface area contributed by atoms with Crippen molar-refractivity contribution in [3.05, 3.63) is 46.8 Å². The van der Waals surface area contributed by atoms with Crippen LogP contribution in [0.15, 0.2) is 24.3 Å². The number of aliphatic hydroxyl groups is 1. The van der Waals surface area contributed by atoms with E-state index < -0.39 is 23.3 Å². The van der Waals surface area contributed by atoms with Crippen molar-refractivity contribution < 1.29 is 19.7 Å². The van der Waals surface area contributed by atoms with Crippen LogP contribution in [-0.4, -0.2) is 39.9 Å². The number of aromatic nitrogens is 1. The van der Waals surface area contributed by atoms with E-state index in [1.807, 2.05) is 58.9 Å². The Morgan fingerprint density at radius 2 is 1.57 bits per heavy atom. The van der Waals surface area contributed by atoms with Crippen LogP contribution in [0.25, 0.3) is 11.1 Å². The van der Waals surface area contributed by atoms with E-state index in [9.17, 15) is 15.0 Å². The molecule has 1 aliphatic heterocycles. The van der Waals surface area contributed by atoms with Gasteiger partial charge in [0.25, 0.3) is 0 Å². The van der Waals surface area contributed by atoms with Crippen LogP contribution in [0, 0.1) is 19.3 Å². The van der Waals surface area contributed by atoms with Crippen LogP contribution in [0.1, 0.15) is 89.9 Å². The van der Waals surface area contributed by atoms with Gasteiger partial charge in [-0.15, -0.1) is 0 Å². The highest BCUT2D eigenvalue weighted by atomic mass is 16.5. The van der Waals surface area contributed by atoms with Crippen LogP contribution in [0.5, 0.6) is 0 Å². The van der Waals surface area contributed by atoms with Crippen LogP contribution < -0.4 is 4.90 Å². The quantitative estimate of drug-likeness (QED) is 0.513. The second kappa shape index (κ2) is 9.55. The number of ether oxygens (including phenoxy) is 1. The van der Waals surface area contributed by atoms with E-state index >= 15 is 0 Å². The summed E-state index contributed by atoms with van der Waals surface area (Å²) >= 11 is 0. The Bertz CT molecular complexity index is 1070. The lowest BCUT2D eigenvalue weighted by Crippen LogP contribution is -2.39. The summed E-state index contributed by atoms with van der Waals surface area (Å²) in [7, 11) is 0. The van der Waals surface area contributed by atoms with Gasteiger partial charge in [0.1, 0.15) is 0 Å². The number of piperidine rings is 1. The number of carboxylic acid groups (broad SMARTS) is 1. The molecule has 2 heterocycles. The molecule has 1 aromatic carbocycles. The Balaban J connectivity index is 2.28. The first kappa shape index (κ1) is 27.2. The number of carboxylic acids is 1. The summed E-state index contributed by atoms with van der Waals surface area (Å²) in [5.41, 5.74) is 4.41. The molecule has 1 aromatic heterocycles. The highest BCUT2D eigenvalue weighted by molar-refractivity contribution is 5.88. The minimum Gasteiger partial charge on any atom is -0.479 e. The van der Waals surface area contributed by atoms with E-state index in [0.717, 1.165) is 54.0 Å². The fraction of sp³-hybridized carbons (Fsp3) is 0.586. The van der Waals surface area contributed by atoms with Crippen LogP contribution in [0.4, 0.5) is 5.69 Å². The number of hydrogen-bond acceptors (Lipinski definition) is 5. The first-order valence-electron chi connectivity index (χ1n) is 12.5. The molecule has 6 heteroatoms. The normalized spacial score (nSPS) is 17.4. The number of nitrogens with zero attached hydrogens (tertiary/aromatic N) is 2. The molecule has 2 N–H and O–H groups in total. The highest BCUT2D eigenvalue weighted by Crippen LogP contribution is 2.45. The lowest BCUT2D eigenvalue weighted by atomic mass is 9.81. The summed E-state index contributed by atoms with van der Waals surface area (Å²) in [6, 6.07) is 7.85. The maximum absolute atomic E-state index is 12.6. The molecule has 0 radical (unpaired) electrons. The number of benzene rings is 1. The Kier molecular flexibility index (Phi) is 7.41. The number of pyridine rings is 1. The number of carbonyl (C=O) groups is 1. The Morgan fingerprint density at radius 1 is 1.03 bits per heavy atom. The molecule has 0 saturated carbocycles. The molecule has 2 aromatic rings. The van der Waals surface area contributed by atoms with Crippen molar-refractivity contribution >= 4 is 11.7 Å². The van der Waals surface area contributed by atoms with Gasteiger partial charge in [0.15, 0.2) is 6.10 Å². The first-order chi connectivity index (χ1) is 16.0. The zero-order chi connectivity index (χ0) is 26.3. The van der Waals surface area contributed by atoms with E-state index in [0.29, 0.717) is 11.3 Å². The summed E-state index contributed by atoms with van der Waals surface area (Å²) in [6.45, 7) is 19.2. The fourth-order valence-electron chi connectivity index (χ4n) is 4.80. The Morgan fingerprint density at radius 3 is 2.03 bits per heavy atom. The molecule has 1 saturated heterocycles. The van der Waals surface area contributed by atoms with Gasteiger partial charge in [-0.1, -0.05) is 38.1 Å². The van der Waals surface area contributed by atoms with Gasteiger partial charge in [0.05, 0.1) is 16.9 Å². The molecule has 0 spiro atoms. The van der Waals surface area contributed by atoms with E-state index in [2.05, 4.69) is 18.7 Å². The largest absolute Gasteiger partial charge is 0.479 e. The lowest BCUT2D eigenvalue weighted by molar-refractivity contribution is -0.160. The van der Waals surface area contributed by atoms with E-state index in [1.54, 1.807) is 13.8 Å². The fourth-order valence-corrected chi connectivity index (χ4v) is 4.80. The second-order valence-corrected chi connectivity index (χ2v) is 12.2. The van der Waals surface area contributed by atoms with Gasteiger partial charge in [-0.05, 0) is 77.8 Å². The van der Waals surface area contributed by atoms with Crippen molar-refractivity contribution in [2.75, 3.05) is 18.0 Å². The molecule has 1 fully saturated rings. The van der Waals surface area contributed by atoms with Crippen molar-refractivity contribution in [3.63, 3.8) is 0 Å². The average Bonchev–Trinajstić information content (AvgIpc) is 2.71. The standard InChI is InChI=1S/C29H42N2O4/c1-18-22(20-10-12-21(13-11-20)29(8,9)34)24(31-16-14-28(6,7)15-17-31)23(19(2)30-18)25(26(32)33)35-27(3,4)5/h10-13,25,34H,14-17H2,1-9H3,(H,32,33)/t25-/m0/s1. The first-order valence-corrected chi connectivity index (χ1v) is 12.5. The van der Waals surface area contributed by atoms with E-state index in [1.165, 1.54) is 0 Å². The third kappa shape index (κ3) is 6.22. The molecule has 1 aliphatic rings. The van der Waals surface area contributed by atoms with Crippen molar-refractivity contribution in [3.8, 4) is 11.1 Å². The third-order valence-electron chi connectivity index (χ3n) is 6.85. The van der Waals surface area contributed by atoms with Gasteiger partial charge in [-0.25, -0.2) is 4.79 Å². The smallest absolute Gasteiger partial charge is 0.337 e. The van der Waals surface area contributed by atoms with Crippen molar-refractivity contribution in [2.24, 2.45) is 5.41 Å². The van der Waals surface area contributed by atoms with Gasteiger partial charge < -0.3 is 19.8 Å². The van der Waals surface area contributed by atoms with E-state index in [-0.39, 0.29) is 5.41 Å². The van der Waals surface area contributed by atoms with Crippen molar-refractivity contribution in [1.29, 1.82) is 0 Å². The van der Waals surface area contributed by atoms with Gasteiger partial charge in [0.2, 0.25) is 0 Å². The van der Waals surface area contributed by atoms with Gasteiger partial charge in [0, 0.05) is 35.6 Å². The molecular weight excluding hydrogens is 440 g/mol. The van der Waals surface area contributed by atoms with E-state index in [4.69, 9.17) is 9.72 Å². The molecule has 35 heavy (non-hydrogen) atoms. The predicted molar refractivity (Wildman–Crippen MR) is 141 cm³/mol. The number of hydrogen-bond donors (Lipinski definition) is 2. The molecule has 0 aliphatic carbocycles. The van der Waals surface area contributed by atoms with Crippen LogP contribution in [0.3, 0.4) is 0 Å². The molecule has 192 valence electrons. The minimum absolute atomic E-state index is 0.246. The maximum Gasteiger partial charge on any atom is 0.337 e. The average molecular weight is 483 g/mol. The monoisotopic (exact) mass is 482 g/mol. The van der Waals surface area contributed by atoms with Crippen LogP contribution in [-0.2, 0) is 15.1 Å². The molecular formula is C29H42N2O4.